The summed E-state index contributed by atoms with van der Waals surface area (Å²) in [5, 5.41) is 0.651. The van der Waals surface area contributed by atoms with Crippen molar-refractivity contribution in [3.8, 4) is 0 Å². The minimum absolute atomic E-state index is 0.0542. The highest BCUT2D eigenvalue weighted by Crippen LogP contribution is 2.13. The number of hydrogen-bond acceptors (Lipinski definition) is 4. The quantitative estimate of drug-likeness (QED) is 0.721. The van der Waals surface area contributed by atoms with E-state index in [0.717, 1.165) is 25.2 Å². The van der Waals surface area contributed by atoms with Gasteiger partial charge in [-0.05, 0) is 29.9 Å². The smallest absolute Gasteiger partial charge is 0.262 e. The monoisotopic (exact) mass is 367 g/mol. The first kappa shape index (κ1) is 17.1. The predicted octanol–water partition coefficient (Wildman–Crippen LogP) is 2.96. The first-order chi connectivity index (χ1) is 12.7. The fourth-order valence-electron chi connectivity index (χ4n) is 3.44. The van der Waals surface area contributed by atoms with Crippen LogP contribution in [0.3, 0.4) is 0 Å². The molecule has 0 spiro atoms. The predicted molar refractivity (Wildman–Crippen MR) is 105 cm³/mol. The molecule has 6 heteroatoms. The van der Waals surface area contributed by atoms with Crippen LogP contribution in [0.15, 0.2) is 59.4 Å². The highest BCUT2D eigenvalue weighted by molar-refractivity contribution is 7.71. The van der Waals surface area contributed by atoms with Crippen molar-refractivity contribution in [3.63, 3.8) is 0 Å². The van der Waals surface area contributed by atoms with Gasteiger partial charge in [-0.1, -0.05) is 42.5 Å². The van der Waals surface area contributed by atoms with E-state index in [2.05, 4.69) is 34.1 Å². The van der Waals surface area contributed by atoms with Gasteiger partial charge in [-0.25, -0.2) is 0 Å². The number of fused-ring (bicyclic) bond motifs is 1. The van der Waals surface area contributed by atoms with E-state index in [1.54, 1.807) is 4.57 Å². The lowest BCUT2D eigenvalue weighted by atomic mass is 10.2. The molecule has 0 radical (unpaired) electrons. The number of aromatic amines is 1. The first-order valence-electron chi connectivity index (χ1n) is 8.80. The summed E-state index contributed by atoms with van der Waals surface area (Å²) in [7, 11) is 0. The molecule has 1 N–H and O–H groups in total. The maximum Gasteiger partial charge on any atom is 0.262 e. The van der Waals surface area contributed by atoms with Gasteiger partial charge >= 0.3 is 0 Å². The summed E-state index contributed by atoms with van der Waals surface area (Å²) in [5.41, 5.74) is 2.00. The lowest BCUT2D eigenvalue weighted by Gasteiger charge is -2.33. The molecular weight excluding hydrogens is 346 g/mol. The Bertz CT molecular complexity index is 1010. The highest BCUT2D eigenvalue weighted by atomic mass is 32.1. The fraction of sp³-hybridized carbons (Fsp3) is 0.300. The first-order valence-corrected chi connectivity index (χ1v) is 9.21. The Balaban J connectivity index is 1.53. The van der Waals surface area contributed by atoms with Crippen LogP contribution in [-0.2, 0) is 17.8 Å². The largest absolute Gasteiger partial charge is 0.374 e. The summed E-state index contributed by atoms with van der Waals surface area (Å²) >= 11 is 5.41. The van der Waals surface area contributed by atoms with Crippen LogP contribution in [0.4, 0.5) is 0 Å². The number of morpholine rings is 1. The minimum atomic E-state index is -0.0619. The molecule has 1 aliphatic heterocycles. The van der Waals surface area contributed by atoms with E-state index in [1.165, 1.54) is 5.56 Å². The summed E-state index contributed by atoms with van der Waals surface area (Å²) in [4.78, 5) is 18.3. The van der Waals surface area contributed by atoms with Crippen molar-refractivity contribution in [3.05, 3.63) is 75.3 Å². The Labute approximate surface area is 156 Å². The van der Waals surface area contributed by atoms with Crippen LogP contribution in [0.2, 0.25) is 0 Å². The van der Waals surface area contributed by atoms with E-state index in [4.69, 9.17) is 17.0 Å². The van der Waals surface area contributed by atoms with Crippen LogP contribution in [0.25, 0.3) is 10.9 Å². The summed E-state index contributed by atoms with van der Waals surface area (Å²) in [6.07, 6.45) is -0.0542. The van der Waals surface area contributed by atoms with Crippen molar-refractivity contribution in [2.75, 3.05) is 19.7 Å². The molecule has 134 valence electrons. The molecule has 1 fully saturated rings. The number of hydrogen-bond donors (Lipinski definition) is 1. The number of nitrogens with one attached hydrogen (secondary N) is 1. The van der Waals surface area contributed by atoms with Crippen molar-refractivity contribution >= 4 is 23.1 Å². The van der Waals surface area contributed by atoms with E-state index < -0.39 is 0 Å². The lowest BCUT2D eigenvalue weighted by molar-refractivity contribution is -0.0394. The maximum absolute atomic E-state index is 12.8. The molecule has 3 aromatic rings. The van der Waals surface area contributed by atoms with E-state index >= 15 is 0 Å². The van der Waals surface area contributed by atoms with Crippen LogP contribution in [0, 0.1) is 4.77 Å². The Morgan fingerprint density at radius 2 is 1.88 bits per heavy atom. The van der Waals surface area contributed by atoms with Gasteiger partial charge in [0, 0.05) is 19.6 Å². The van der Waals surface area contributed by atoms with Crippen LogP contribution in [0.5, 0.6) is 0 Å². The minimum Gasteiger partial charge on any atom is -0.374 e. The number of H-pyrrole nitrogens is 1. The van der Waals surface area contributed by atoms with Crippen molar-refractivity contribution < 1.29 is 4.74 Å². The summed E-state index contributed by atoms with van der Waals surface area (Å²) in [6.45, 7) is 3.69. The van der Waals surface area contributed by atoms with Crippen molar-refractivity contribution in [2.45, 2.75) is 19.2 Å². The molecule has 1 saturated heterocycles. The van der Waals surface area contributed by atoms with E-state index in [1.807, 2.05) is 30.3 Å². The molecule has 0 unspecified atom stereocenters. The molecule has 1 aromatic heterocycles. The number of aromatic nitrogens is 2. The number of para-hydroxylation sites is 1. The summed E-state index contributed by atoms with van der Waals surface area (Å²) in [6, 6.07) is 17.9. The van der Waals surface area contributed by atoms with E-state index in [0.29, 0.717) is 23.3 Å². The third-order valence-corrected chi connectivity index (χ3v) is 5.07. The zero-order chi connectivity index (χ0) is 17.9. The molecule has 0 aliphatic carbocycles. The Morgan fingerprint density at radius 1 is 1.12 bits per heavy atom. The van der Waals surface area contributed by atoms with E-state index in [-0.39, 0.29) is 11.7 Å². The van der Waals surface area contributed by atoms with Gasteiger partial charge in [-0.3, -0.25) is 14.3 Å². The number of rotatable bonds is 4. The second kappa shape index (κ2) is 7.53. The van der Waals surface area contributed by atoms with E-state index in [9.17, 15) is 4.79 Å². The van der Waals surface area contributed by atoms with Crippen molar-refractivity contribution in [2.24, 2.45) is 0 Å². The Kier molecular flexibility index (Phi) is 4.97. The lowest BCUT2D eigenvalue weighted by Crippen LogP contribution is -2.45. The molecule has 5 nitrogen and oxygen atoms in total. The molecule has 0 amide bonds. The Hall–Kier alpha value is -2.28. The third kappa shape index (κ3) is 3.62. The SMILES string of the molecule is O=c1c2ccccc2[nH]c(=S)n1C[C@H]1CN(Cc2ccccc2)CCO1. The Morgan fingerprint density at radius 3 is 2.73 bits per heavy atom. The number of ether oxygens (including phenoxy) is 1. The highest BCUT2D eigenvalue weighted by Gasteiger charge is 2.22. The van der Waals surface area contributed by atoms with Gasteiger partial charge in [0.05, 0.1) is 30.2 Å². The van der Waals surface area contributed by atoms with Gasteiger partial charge in [0.15, 0.2) is 4.77 Å². The van der Waals surface area contributed by atoms with Gasteiger partial charge in [-0.15, -0.1) is 0 Å². The molecular formula is C20H21N3O2S. The maximum atomic E-state index is 12.8. The van der Waals surface area contributed by atoms with Crippen molar-refractivity contribution in [1.29, 1.82) is 0 Å². The summed E-state index contributed by atoms with van der Waals surface area (Å²) < 4.78 is 7.97. The third-order valence-electron chi connectivity index (χ3n) is 4.75. The van der Waals surface area contributed by atoms with Gasteiger partial charge < -0.3 is 9.72 Å². The topological polar surface area (TPSA) is 50.3 Å². The molecule has 1 atom stereocenters. The molecule has 1 aliphatic rings. The zero-order valence-corrected chi connectivity index (χ0v) is 15.2. The number of benzene rings is 2. The van der Waals surface area contributed by atoms with Gasteiger partial charge in [0.1, 0.15) is 0 Å². The van der Waals surface area contributed by atoms with Crippen LogP contribution < -0.4 is 5.56 Å². The summed E-state index contributed by atoms with van der Waals surface area (Å²) in [5.74, 6) is 0. The second-order valence-corrected chi connectivity index (χ2v) is 6.99. The molecule has 4 rings (SSSR count). The molecule has 2 aromatic carbocycles. The standard InChI is InChI=1S/C20H21N3O2S/c24-19-17-8-4-5-9-18(17)21-20(26)23(19)14-16-13-22(10-11-25-16)12-15-6-2-1-3-7-15/h1-9,16H,10-14H2,(H,21,26)/t16-/m1/s1. The second-order valence-electron chi connectivity index (χ2n) is 6.61. The van der Waals surface area contributed by atoms with Crippen LogP contribution in [-0.4, -0.2) is 40.3 Å². The molecule has 0 bridgehead atoms. The van der Waals surface area contributed by atoms with Crippen LogP contribution >= 0.6 is 12.2 Å². The molecule has 2 heterocycles. The number of nitrogens with zero attached hydrogens (tertiary/aromatic N) is 2. The van der Waals surface area contributed by atoms with Crippen molar-refractivity contribution in [1.82, 2.24) is 14.5 Å². The average Bonchev–Trinajstić information content (AvgIpc) is 2.66. The zero-order valence-electron chi connectivity index (χ0n) is 14.4. The normalized spacial score (nSPS) is 18.2. The molecule has 0 saturated carbocycles. The van der Waals surface area contributed by atoms with Gasteiger partial charge in [-0.2, -0.15) is 0 Å². The van der Waals surface area contributed by atoms with Crippen LogP contribution in [0.1, 0.15) is 5.56 Å². The average molecular weight is 367 g/mol. The fourth-order valence-corrected chi connectivity index (χ4v) is 3.71. The molecule has 26 heavy (non-hydrogen) atoms. The van der Waals surface area contributed by atoms with Gasteiger partial charge in [0.25, 0.3) is 5.56 Å². The van der Waals surface area contributed by atoms with Gasteiger partial charge in [0.2, 0.25) is 0 Å².